The van der Waals surface area contributed by atoms with E-state index in [0.29, 0.717) is 30.9 Å². The summed E-state index contributed by atoms with van der Waals surface area (Å²) in [5, 5.41) is 23.4. The van der Waals surface area contributed by atoms with Gasteiger partial charge in [-0.15, -0.1) is 0 Å². The van der Waals surface area contributed by atoms with Crippen LogP contribution in [-0.4, -0.2) is 28.6 Å². The Bertz CT molecular complexity index is 531. The number of carbonyl (C=O) groups is 1. The van der Waals surface area contributed by atoms with Crippen molar-refractivity contribution in [2.75, 3.05) is 6.54 Å². The lowest BCUT2D eigenvalue weighted by molar-refractivity contribution is -0.385. The molecule has 0 aromatic heterocycles. The van der Waals surface area contributed by atoms with Gasteiger partial charge in [0.05, 0.1) is 10.8 Å². The van der Waals surface area contributed by atoms with E-state index >= 15 is 0 Å². The van der Waals surface area contributed by atoms with E-state index in [9.17, 15) is 20.0 Å². The largest absolute Gasteiger partial charge is 0.481 e. The van der Waals surface area contributed by atoms with Gasteiger partial charge in [0.25, 0.3) is 5.69 Å². The van der Waals surface area contributed by atoms with E-state index in [1.807, 2.05) is 20.8 Å². The van der Waals surface area contributed by atoms with Gasteiger partial charge in [-0.05, 0) is 32.1 Å². The summed E-state index contributed by atoms with van der Waals surface area (Å²) in [6.45, 7) is 6.41. The molecular weight excluding hydrogens is 296 g/mol. The summed E-state index contributed by atoms with van der Waals surface area (Å²) >= 11 is 0. The molecule has 23 heavy (non-hydrogen) atoms. The second-order valence-corrected chi connectivity index (χ2v) is 6.40. The van der Waals surface area contributed by atoms with Gasteiger partial charge in [0.2, 0.25) is 0 Å². The van der Waals surface area contributed by atoms with Crippen LogP contribution in [0.3, 0.4) is 0 Å². The van der Waals surface area contributed by atoms with E-state index in [1.54, 1.807) is 18.2 Å². The van der Waals surface area contributed by atoms with Crippen LogP contribution in [0.5, 0.6) is 0 Å². The molecule has 0 bridgehead atoms. The van der Waals surface area contributed by atoms with E-state index in [1.165, 1.54) is 6.07 Å². The zero-order chi connectivity index (χ0) is 17.4. The van der Waals surface area contributed by atoms with Crippen molar-refractivity contribution < 1.29 is 14.8 Å². The normalized spacial score (nSPS) is 13.7. The van der Waals surface area contributed by atoms with Crippen molar-refractivity contribution in [3.63, 3.8) is 0 Å². The molecule has 0 spiro atoms. The molecule has 0 saturated carbocycles. The summed E-state index contributed by atoms with van der Waals surface area (Å²) < 4.78 is 0. The molecule has 1 aromatic carbocycles. The highest BCUT2D eigenvalue weighted by atomic mass is 16.6. The van der Waals surface area contributed by atoms with Crippen molar-refractivity contribution in [3.05, 3.63) is 39.9 Å². The van der Waals surface area contributed by atoms with Gasteiger partial charge in [0.15, 0.2) is 0 Å². The van der Waals surface area contributed by atoms with Crippen molar-refractivity contribution in [1.29, 1.82) is 0 Å². The Labute approximate surface area is 137 Å². The first kappa shape index (κ1) is 19.1. The lowest BCUT2D eigenvalue weighted by Crippen LogP contribution is -2.35. The Morgan fingerprint density at radius 2 is 1.96 bits per heavy atom. The van der Waals surface area contributed by atoms with Gasteiger partial charge in [-0.2, -0.15) is 0 Å². The third-order valence-electron chi connectivity index (χ3n) is 3.85. The maximum absolute atomic E-state index is 11.2. The summed E-state index contributed by atoms with van der Waals surface area (Å²) in [4.78, 5) is 21.9. The first-order valence-electron chi connectivity index (χ1n) is 7.99. The van der Waals surface area contributed by atoms with Crippen LogP contribution in [0, 0.1) is 22.0 Å². The zero-order valence-corrected chi connectivity index (χ0v) is 14.0. The molecule has 0 fully saturated rings. The number of benzene rings is 1. The number of nitrogens with one attached hydrogen (secondary N) is 1. The van der Waals surface area contributed by atoms with Gasteiger partial charge in [-0.3, -0.25) is 14.9 Å². The van der Waals surface area contributed by atoms with Crippen molar-refractivity contribution >= 4 is 11.7 Å². The van der Waals surface area contributed by atoms with Crippen molar-refractivity contribution in [1.82, 2.24) is 5.32 Å². The standard InChI is InChI=1S/C17H26N2O4/c1-12(2)10-15(17(20)21)11-18-13(3)8-9-14-6-4-5-7-16(14)19(22)23/h4-7,12-13,15,18H,8-11H2,1-3H3,(H,20,21). The number of nitro groups is 1. The predicted octanol–water partition coefficient (Wildman–Crippen LogP) is 3.25. The molecule has 6 nitrogen and oxygen atoms in total. The maximum Gasteiger partial charge on any atom is 0.307 e. The number of aryl methyl sites for hydroxylation is 1. The Kier molecular flexibility index (Phi) is 7.68. The molecule has 0 heterocycles. The molecular formula is C17H26N2O4. The minimum atomic E-state index is -0.780. The van der Waals surface area contributed by atoms with Crippen molar-refractivity contribution in [2.45, 2.75) is 46.1 Å². The van der Waals surface area contributed by atoms with Crippen LogP contribution in [0.1, 0.15) is 39.2 Å². The van der Waals surface area contributed by atoms with Crippen LogP contribution in [0.15, 0.2) is 24.3 Å². The lowest BCUT2D eigenvalue weighted by atomic mass is 9.96. The molecule has 1 rings (SSSR count). The van der Waals surface area contributed by atoms with Gasteiger partial charge < -0.3 is 10.4 Å². The Morgan fingerprint density at radius 3 is 2.52 bits per heavy atom. The monoisotopic (exact) mass is 322 g/mol. The molecule has 0 aliphatic carbocycles. The molecule has 6 heteroatoms. The molecule has 128 valence electrons. The van der Waals surface area contributed by atoms with E-state index in [4.69, 9.17) is 0 Å². The van der Waals surface area contributed by atoms with E-state index in [2.05, 4.69) is 5.32 Å². The maximum atomic E-state index is 11.2. The highest BCUT2D eigenvalue weighted by molar-refractivity contribution is 5.70. The molecule has 0 amide bonds. The molecule has 2 N–H and O–H groups in total. The highest BCUT2D eigenvalue weighted by Gasteiger charge is 2.20. The third kappa shape index (κ3) is 6.78. The van der Waals surface area contributed by atoms with Crippen LogP contribution < -0.4 is 5.32 Å². The molecule has 0 radical (unpaired) electrons. The fourth-order valence-electron chi connectivity index (χ4n) is 2.56. The van der Waals surface area contributed by atoms with Gasteiger partial charge in [0.1, 0.15) is 0 Å². The Morgan fingerprint density at radius 1 is 1.30 bits per heavy atom. The van der Waals surface area contributed by atoms with Crippen molar-refractivity contribution in [3.8, 4) is 0 Å². The van der Waals surface area contributed by atoms with Crippen LogP contribution in [0.4, 0.5) is 5.69 Å². The van der Waals surface area contributed by atoms with Crippen LogP contribution in [-0.2, 0) is 11.2 Å². The molecule has 2 unspecified atom stereocenters. The lowest BCUT2D eigenvalue weighted by Gasteiger charge is -2.19. The zero-order valence-electron chi connectivity index (χ0n) is 14.0. The number of rotatable bonds is 10. The summed E-state index contributed by atoms with van der Waals surface area (Å²) in [5.41, 5.74) is 0.853. The van der Waals surface area contributed by atoms with E-state index in [-0.39, 0.29) is 16.7 Å². The average Bonchev–Trinajstić information content (AvgIpc) is 2.48. The van der Waals surface area contributed by atoms with Gasteiger partial charge in [0, 0.05) is 24.2 Å². The molecule has 2 atom stereocenters. The molecule has 0 aliphatic heterocycles. The predicted molar refractivity (Wildman–Crippen MR) is 89.5 cm³/mol. The van der Waals surface area contributed by atoms with Crippen LogP contribution >= 0.6 is 0 Å². The number of nitrogens with zero attached hydrogens (tertiary/aromatic N) is 1. The first-order chi connectivity index (χ1) is 10.8. The third-order valence-corrected chi connectivity index (χ3v) is 3.85. The highest BCUT2D eigenvalue weighted by Crippen LogP contribution is 2.20. The number of para-hydroxylation sites is 1. The minimum Gasteiger partial charge on any atom is -0.481 e. The Hall–Kier alpha value is -1.95. The van der Waals surface area contributed by atoms with Gasteiger partial charge in [-0.25, -0.2) is 0 Å². The van der Waals surface area contributed by atoms with E-state index in [0.717, 1.165) is 6.42 Å². The van der Waals surface area contributed by atoms with Gasteiger partial charge >= 0.3 is 5.97 Å². The van der Waals surface area contributed by atoms with Crippen molar-refractivity contribution in [2.24, 2.45) is 11.8 Å². The fraction of sp³-hybridized carbons (Fsp3) is 0.588. The number of hydrogen-bond acceptors (Lipinski definition) is 4. The second-order valence-electron chi connectivity index (χ2n) is 6.40. The van der Waals surface area contributed by atoms with Gasteiger partial charge in [-0.1, -0.05) is 32.0 Å². The summed E-state index contributed by atoms with van der Waals surface area (Å²) in [7, 11) is 0. The first-order valence-corrected chi connectivity index (χ1v) is 7.99. The number of carboxylic acid groups (broad SMARTS) is 1. The second kappa shape index (κ2) is 9.25. The minimum absolute atomic E-state index is 0.101. The molecule has 1 aromatic rings. The summed E-state index contributed by atoms with van der Waals surface area (Å²) in [5.74, 6) is -0.846. The quantitative estimate of drug-likeness (QED) is 0.509. The van der Waals surface area contributed by atoms with Crippen LogP contribution in [0.2, 0.25) is 0 Å². The van der Waals surface area contributed by atoms with E-state index < -0.39 is 11.9 Å². The summed E-state index contributed by atoms with van der Waals surface area (Å²) in [6.07, 6.45) is 1.95. The van der Waals surface area contributed by atoms with Crippen LogP contribution in [0.25, 0.3) is 0 Å². The Balaban J connectivity index is 2.49. The number of carboxylic acids is 1. The molecule has 0 saturated heterocycles. The smallest absolute Gasteiger partial charge is 0.307 e. The number of aliphatic carboxylic acids is 1. The average molecular weight is 322 g/mol. The fourth-order valence-corrected chi connectivity index (χ4v) is 2.56. The number of hydrogen-bond donors (Lipinski definition) is 2. The molecule has 0 aliphatic rings. The summed E-state index contributed by atoms with van der Waals surface area (Å²) in [6, 6.07) is 6.83. The topological polar surface area (TPSA) is 92.5 Å². The number of nitro benzene ring substituents is 1. The SMILES string of the molecule is CC(C)CC(CNC(C)CCc1ccccc1[N+](=O)[O-])C(=O)O.